The summed E-state index contributed by atoms with van der Waals surface area (Å²) in [4.78, 5) is 6.92. The molecule has 0 aromatic heterocycles. The smallest absolute Gasteiger partial charge is 0.191 e. The molecule has 2 N–H and O–H groups in total. The minimum absolute atomic E-state index is 0. The molecule has 1 aliphatic rings. The van der Waals surface area contributed by atoms with Gasteiger partial charge in [0.25, 0.3) is 0 Å². The second-order valence-corrected chi connectivity index (χ2v) is 6.22. The van der Waals surface area contributed by atoms with Gasteiger partial charge in [-0.25, -0.2) is 0 Å². The van der Waals surface area contributed by atoms with Gasteiger partial charge >= 0.3 is 0 Å². The highest BCUT2D eigenvalue weighted by atomic mass is 127. The molecule has 0 aromatic carbocycles. The van der Waals surface area contributed by atoms with Crippen LogP contribution in [0.15, 0.2) is 4.99 Å². The molecule has 0 amide bonds. The summed E-state index contributed by atoms with van der Waals surface area (Å²) in [5, 5.41) is 6.90. The van der Waals surface area contributed by atoms with Crippen LogP contribution in [0.1, 0.15) is 40.0 Å². The molecule has 0 saturated carbocycles. The summed E-state index contributed by atoms with van der Waals surface area (Å²) in [6.45, 7) is 13.8. The Morgan fingerprint density at radius 2 is 1.84 bits per heavy atom. The second-order valence-electron chi connectivity index (χ2n) is 6.22. The lowest BCUT2D eigenvalue weighted by Gasteiger charge is -2.39. The van der Waals surface area contributed by atoms with Crippen LogP contribution in [0.4, 0.5) is 0 Å². The van der Waals surface area contributed by atoms with Crippen LogP contribution in [-0.4, -0.2) is 76.6 Å². The van der Waals surface area contributed by atoms with E-state index in [1.807, 2.05) is 14.0 Å². The number of hydrogen-bond acceptors (Lipinski definition) is 4. The molecule has 0 bridgehead atoms. The molecule has 1 atom stereocenters. The number of morpholine rings is 1. The Bertz CT molecular complexity index is 335. The van der Waals surface area contributed by atoms with Crippen LogP contribution < -0.4 is 10.6 Å². The van der Waals surface area contributed by atoms with Gasteiger partial charge in [0, 0.05) is 52.5 Å². The van der Waals surface area contributed by atoms with Crippen molar-refractivity contribution in [2.45, 2.75) is 46.1 Å². The Kier molecular flexibility index (Phi) is 16.0. The molecule has 1 heterocycles. The van der Waals surface area contributed by atoms with Gasteiger partial charge in [0.15, 0.2) is 5.96 Å². The van der Waals surface area contributed by atoms with Gasteiger partial charge in [-0.2, -0.15) is 0 Å². The van der Waals surface area contributed by atoms with Crippen LogP contribution in [0.25, 0.3) is 0 Å². The van der Waals surface area contributed by atoms with Crippen molar-refractivity contribution in [3.8, 4) is 0 Å². The summed E-state index contributed by atoms with van der Waals surface area (Å²) in [7, 11) is 1.83. The van der Waals surface area contributed by atoms with Crippen LogP contribution in [0.5, 0.6) is 0 Å². The molecule has 0 aliphatic carbocycles. The first-order valence-electron chi connectivity index (χ1n) is 9.60. The summed E-state index contributed by atoms with van der Waals surface area (Å²) in [6, 6.07) is 0.533. The zero-order valence-corrected chi connectivity index (χ0v) is 18.9. The predicted octanol–water partition coefficient (Wildman–Crippen LogP) is 2.33. The normalized spacial score (nSPS) is 17.2. The van der Waals surface area contributed by atoms with Gasteiger partial charge in [0.05, 0.1) is 13.2 Å². The van der Waals surface area contributed by atoms with Crippen molar-refractivity contribution in [1.82, 2.24) is 15.5 Å². The molecule has 150 valence electrons. The molecular formula is C18H39IN4O2. The number of nitrogens with one attached hydrogen (secondary N) is 2. The van der Waals surface area contributed by atoms with Crippen LogP contribution in [0.2, 0.25) is 0 Å². The maximum atomic E-state index is 5.52. The Morgan fingerprint density at radius 1 is 1.16 bits per heavy atom. The van der Waals surface area contributed by atoms with Crippen molar-refractivity contribution in [3.63, 3.8) is 0 Å². The predicted molar refractivity (Wildman–Crippen MR) is 116 cm³/mol. The van der Waals surface area contributed by atoms with Crippen LogP contribution in [0.3, 0.4) is 0 Å². The first kappa shape index (κ1) is 24.9. The van der Waals surface area contributed by atoms with Crippen molar-refractivity contribution in [2.75, 3.05) is 59.7 Å². The molecule has 0 aromatic rings. The SMILES string of the molecule is CCOCCCNC(=NC)NCC(C(CC)CC)N1CCOCC1.I. The molecule has 6 nitrogen and oxygen atoms in total. The fourth-order valence-electron chi connectivity index (χ4n) is 3.28. The summed E-state index contributed by atoms with van der Waals surface area (Å²) < 4.78 is 10.9. The second kappa shape index (κ2) is 16.1. The van der Waals surface area contributed by atoms with E-state index in [0.29, 0.717) is 12.0 Å². The highest BCUT2D eigenvalue weighted by Gasteiger charge is 2.26. The molecule has 1 saturated heterocycles. The summed E-state index contributed by atoms with van der Waals surface area (Å²) >= 11 is 0. The number of halogens is 1. The summed E-state index contributed by atoms with van der Waals surface area (Å²) in [6.07, 6.45) is 3.41. The first-order valence-corrected chi connectivity index (χ1v) is 9.60. The monoisotopic (exact) mass is 470 g/mol. The quantitative estimate of drug-likeness (QED) is 0.210. The molecule has 1 rings (SSSR count). The minimum Gasteiger partial charge on any atom is -0.382 e. The number of rotatable bonds is 11. The lowest BCUT2D eigenvalue weighted by atomic mass is 9.92. The molecule has 1 fully saturated rings. The highest BCUT2D eigenvalue weighted by Crippen LogP contribution is 2.19. The molecule has 7 heteroatoms. The molecular weight excluding hydrogens is 431 g/mol. The minimum atomic E-state index is 0. The van der Waals surface area contributed by atoms with Gasteiger partial charge in [0.2, 0.25) is 0 Å². The molecule has 25 heavy (non-hydrogen) atoms. The average molecular weight is 470 g/mol. The van der Waals surface area contributed by atoms with Crippen molar-refractivity contribution in [3.05, 3.63) is 0 Å². The Labute approximate surface area is 171 Å². The number of nitrogens with zero attached hydrogens (tertiary/aromatic N) is 2. The standard InChI is InChI=1S/C18H38N4O2.HI/c1-5-16(6-2)17(22-10-13-24-14-11-22)15-21-18(19-4)20-9-8-12-23-7-3;/h16-17H,5-15H2,1-4H3,(H2,19,20,21);1H. The van der Waals surface area contributed by atoms with Crippen LogP contribution >= 0.6 is 24.0 Å². The van der Waals surface area contributed by atoms with Gasteiger partial charge in [-0.3, -0.25) is 9.89 Å². The molecule has 0 spiro atoms. The number of ether oxygens (including phenoxy) is 2. The number of hydrogen-bond donors (Lipinski definition) is 2. The maximum Gasteiger partial charge on any atom is 0.191 e. The first-order chi connectivity index (χ1) is 11.8. The van der Waals surface area contributed by atoms with E-state index in [9.17, 15) is 0 Å². The van der Waals surface area contributed by atoms with E-state index in [4.69, 9.17) is 9.47 Å². The van der Waals surface area contributed by atoms with Crippen molar-refractivity contribution in [2.24, 2.45) is 10.9 Å². The van der Waals surface area contributed by atoms with Gasteiger partial charge < -0.3 is 20.1 Å². The summed E-state index contributed by atoms with van der Waals surface area (Å²) in [5.41, 5.74) is 0. The Hall–Kier alpha value is -0.120. The van der Waals surface area contributed by atoms with Gasteiger partial charge in [-0.05, 0) is 19.3 Å². The van der Waals surface area contributed by atoms with Crippen molar-refractivity contribution >= 4 is 29.9 Å². The third-order valence-electron chi connectivity index (χ3n) is 4.77. The van der Waals surface area contributed by atoms with Crippen molar-refractivity contribution in [1.29, 1.82) is 0 Å². The van der Waals surface area contributed by atoms with E-state index in [1.165, 1.54) is 12.8 Å². The van der Waals surface area contributed by atoms with Gasteiger partial charge in [-0.1, -0.05) is 26.7 Å². The average Bonchev–Trinajstić information content (AvgIpc) is 2.63. The van der Waals surface area contributed by atoms with Gasteiger partial charge in [-0.15, -0.1) is 24.0 Å². The van der Waals surface area contributed by atoms with E-state index in [0.717, 1.165) is 65.0 Å². The molecule has 1 aliphatic heterocycles. The largest absolute Gasteiger partial charge is 0.382 e. The molecule has 0 radical (unpaired) electrons. The third kappa shape index (κ3) is 9.96. The summed E-state index contributed by atoms with van der Waals surface area (Å²) in [5.74, 6) is 1.59. The Balaban J connectivity index is 0.00000576. The van der Waals surface area contributed by atoms with Crippen molar-refractivity contribution < 1.29 is 9.47 Å². The fourth-order valence-corrected chi connectivity index (χ4v) is 3.28. The third-order valence-corrected chi connectivity index (χ3v) is 4.77. The zero-order valence-electron chi connectivity index (χ0n) is 16.6. The van der Waals surface area contributed by atoms with E-state index >= 15 is 0 Å². The van der Waals surface area contributed by atoms with Crippen LogP contribution in [0, 0.1) is 5.92 Å². The van der Waals surface area contributed by atoms with Gasteiger partial charge in [0.1, 0.15) is 0 Å². The Morgan fingerprint density at radius 3 is 2.40 bits per heavy atom. The van der Waals surface area contributed by atoms with E-state index in [1.54, 1.807) is 0 Å². The number of guanidine groups is 1. The highest BCUT2D eigenvalue weighted by molar-refractivity contribution is 14.0. The van der Waals surface area contributed by atoms with Crippen LogP contribution in [-0.2, 0) is 9.47 Å². The fraction of sp³-hybridized carbons (Fsp3) is 0.944. The number of aliphatic imine (C=N–C) groups is 1. The topological polar surface area (TPSA) is 58.1 Å². The van der Waals surface area contributed by atoms with E-state index in [-0.39, 0.29) is 24.0 Å². The molecule has 1 unspecified atom stereocenters. The van der Waals surface area contributed by atoms with E-state index in [2.05, 4.69) is 34.4 Å². The zero-order chi connectivity index (χ0) is 17.6. The lowest BCUT2D eigenvalue weighted by Crippen LogP contribution is -2.53. The lowest BCUT2D eigenvalue weighted by molar-refractivity contribution is 0.00272. The van der Waals surface area contributed by atoms with E-state index < -0.39 is 0 Å². The maximum absolute atomic E-state index is 5.52.